The summed E-state index contributed by atoms with van der Waals surface area (Å²) in [6.45, 7) is 13.9. The Morgan fingerprint density at radius 1 is 0.387 bits per heavy atom. The van der Waals surface area contributed by atoms with Gasteiger partial charge in [-0.3, -0.25) is 0 Å². The first kappa shape index (κ1) is 39.0. The molecule has 0 saturated carbocycles. The van der Waals surface area contributed by atoms with Gasteiger partial charge in [-0.2, -0.15) is 0 Å². The summed E-state index contributed by atoms with van der Waals surface area (Å²) in [6.07, 6.45) is 0. The first-order valence-electron chi connectivity index (χ1n) is 21.9. The van der Waals surface area contributed by atoms with Crippen LogP contribution in [0.2, 0.25) is 0 Å². The lowest BCUT2D eigenvalue weighted by atomic mass is 9.80. The molecule has 0 fully saturated rings. The van der Waals surface area contributed by atoms with E-state index < -0.39 is 0 Å². The highest BCUT2D eigenvalue weighted by molar-refractivity contribution is 6.14. The monoisotopic (exact) mass is 800 g/mol. The van der Waals surface area contributed by atoms with Crippen molar-refractivity contribution < 1.29 is 0 Å². The van der Waals surface area contributed by atoms with E-state index in [1.165, 1.54) is 71.5 Å². The van der Waals surface area contributed by atoms with Gasteiger partial charge in [-0.05, 0) is 104 Å². The molecule has 0 radical (unpaired) electrons. The van der Waals surface area contributed by atoms with Gasteiger partial charge in [0.1, 0.15) is 0 Å². The van der Waals surface area contributed by atoms with Crippen molar-refractivity contribution in [2.24, 2.45) is 0 Å². The maximum atomic E-state index is 2.51. The third kappa shape index (κ3) is 6.96. The topological polar surface area (TPSA) is 8.17 Å². The van der Waals surface area contributed by atoms with Crippen LogP contribution in [-0.4, -0.2) is 4.57 Å². The fourth-order valence-electron chi connectivity index (χ4n) is 9.26. The lowest BCUT2D eigenvalue weighted by Crippen LogP contribution is -2.19. The van der Waals surface area contributed by atoms with Crippen molar-refractivity contribution in [2.75, 3.05) is 4.90 Å². The zero-order chi connectivity index (χ0) is 42.6. The molecular weight excluding hydrogens is 749 g/mol. The second-order valence-electron chi connectivity index (χ2n) is 18.6. The first-order chi connectivity index (χ1) is 30.0. The summed E-state index contributed by atoms with van der Waals surface area (Å²) in [5.74, 6) is 0. The third-order valence-corrected chi connectivity index (χ3v) is 12.5. The van der Waals surface area contributed by atoms with Crippen molar-refractivity contribution >= 4 is 49.6 Å². The highest BCUT2D eigenvalue weighted by atomic mass is 15.1. The van der Waals surface area contributed by atoms with E-state index in [-0.39, 0.29) is 10.8 Å². The van der Waals surface area contributed by atoms with Crippen LogP contribution in [0.1, 0.15) is 52.7 Å². The fraction of sp³-hybridized carbons (Fsp3) is 0.133. The molecule has 0 aliphatic rings. The van der Waals surface area contributed by atoms with E-state index in [1.54, 1.807) is 0 Å². The Morgan fingerprint density at radius 3 is 1.66 bits per heavy atom. The van der Waals surface area contributed by atoms with Crippen molar-refractivity contribution in [2.45, 2.75) is 52.4 Å². The van der Waals surface area contributed by atoms with E-state index in [2.05, 4.69) is 257 Å². The maximum absolute atomic E-state index is 2.51. The van der Waals surface area contributed by atoms with E-state index in [1.807, 2.05) is 0 Å². The van der Waals surface area contributed by atoms with Gasteiger partial charge in [-0.1, -0.05) is 199 Å². The number of nitrogens with zero attached hydrogens (tertiary/aromatic N) is 2. The van der Waals surface area contributed by atoms with Gasteiger partial charge < -0.3 is 9.47 Å². The molecule has 2 nitrogen and oxygen atoms in total. The van der Waals surface area contributed by atoms with E-state index >= 15 is 0 Å². The zero-order valence-corrected chi connectivity index (χ0v) is 36.5. The quantitative estimate of drug-likeness (QED) is 0.156. The number of anilines is 3. The van der Waals surface area contributed by atoms with E-state index in [0.29, 0.717) is 0 Å². The smallest absolute Gasteiger partial charge is 0.0619 e. The van der Waals surface area contributed by atoms with Crippen LogP contribution in [0.15, 0.2) is 206 Å². The Morgan fingerprint density at radius 2 is 0.935 bits per heavy atom. The van der Waals surface area contributed by atoms with Crippen LogP contribution in [0, 0.1) is 0 Å². The largest absolute Gasteiger partial charge is 0.310 e. The summed E-state index contributed by atoms with van der Waals surface area (Å²) in [6, 6.07) is 76.0. The third-order valence-electron chi connectivity index (χ3n) is 12.5. The summed E-state index contributed by atoms with van der Waals surface area (Å²) >= 11 is 0. The lowest BCUT2D eigenvalue weighted by Gasteiger charge is -2.32. The van der Waals surface area contributed by atoms with Crippen LogP contribution in [0.5, 0.6) is 0 Å². The number of hydrogen-bond donors (Lipinski definition) is 0. The van der Waals surface area contributed by atoms with Gasteiger partial charge in [-0.15, -0.1) is 0 Å². The fourth-order valence-corrected chi connectivity index (χ4v) is 9.26. The van der Waals surface area contributed by atoms with Crippen LogP contribution in [0.4, 0.5) is 17.1 Å². The molecule has 1 aromatic heterocycles. The maximum Gasteiger partial charge on any atom is 0.0619 e. The molecule has 0 aliphatic carbocycles. The van der Waals surface area contributed by atoms with E-state index in [4.69, 9.17) is 0 Å². The zero-order valence-electron chi connectivity index (χ0n) is 36.5. The molecule has 0 unspecified atom stereocenters. The van der Waals surface area contributed by atoms with Crippen molar-refractivity contribution in [1.29, 1.82) is 0 Å². The summed E-state index contributed by atoms with van der Waals surface area (Å²) in [5.41, 5.74) is 16.6. The second kappa shape index (κ2) is 15.4. The molecule has 62 heavy (non-hydrogen) atoms. The summed E-state index contributed by atoms with van der Waals surface area (Å²) < 4.78 is 2.44. The van der Waals surface area contributed by atoms with Crippen molar-refractivity contribution in [3.63, 3.8) is 0 Å². The number of para-hydroxylation sites is 4. The molecule has 2 heteroatoms. The average Bonchev–Trinajstić information content (AvgIpc) is 3.64. The number of rotatable bonds is 7. The van der Waals surface area contributed by atoms with Gasteiger partial charge in [-0.25, -0.2) is 0 Å². The molecule has 0 bridgehead atoms. The summed E-state index contributed by atoms with van der Waals surface area (Å²) in [5, 5.41) is 4.96. The minimum absolute atomic E-state index is 0.0657. The molecule has 302 valence electrons. The minimum Gasteiger partial charge on any atom is -0.310 e. The van der Waals surface area contributed by atoms with Gasteiger partial charge in [0.2, 0.25) is 0 Å². The molecule has 9 aromatic carbocycles. The van der Waals surface area contributed by atoms with Gasteiger partial charge in [0.25, 0.3) is 0 Å². The van der Waals surface area contributed by atoms with Gasteiger partial charge in [0.15, 0.2) is 0 Å². The average molecular weight is 801 g/mol. The Bertz CT molecular complexity index is 3210. The molecule has 1 heterocycles. The van der Waals surface area contributed by atoms with Gasteiger partial charge in [0, 0.05) is 39.0 Å². The molecule has 0 aliphatic heterocycles. The van der Waals surface area contributed by atoms with Crippen LogP contribution < -0.4 is 4.90 Å². The van der Waals surface area contributed by atoms with E-state index in [0.717, 1.165) is 28.3 Å². The van der Waals surface area contributed by atoms with Crippen LogP contribution in [0.25, 0.3) is 71.6 Å². The van der Waals surface area contributed by atoms with Crippen molar-refractivity contribution in [3.05, 3.63) is 217 Å². The molecule has 10 aromatic rings. The molecule has 0 spiro atoms. The Balaban J connectivity index is 1.26. The van der Waals surface area contributed by atoms with Crippen LogP contribution in [0.3, 0.4) is 0 Å². The number of fused-ring (bicyclic) bond motifs is 4. The van der Waals surface area contributed by atoms with Gasteiger partial charge >= 0.3 is 0 Å². The summed E-state index contributed by atoms with van der Waals surface area (Å²) in [7, 11) is 0. The van der Waals surface area contributed by atoms with Crippen molar-refractivity contribution in [3.8, 4) is 39.1 Å². The Labute approximate surface area is 366 Å². The van der Waals surface area contributed by atoms with Crippen LogP contribution >= 0.6 is 0 Å². The molecule has 0 atom stereocenters. The molecule has 0 N–H and O–H groups in total. The summed E-state index contributed by atoms with van der Waals surface area (Å²) in [4.78, 5) is 2.51. The highest BCUT2D eigenvalue weighted by Gasteiger charge is 2.26. The van der Waals surface area contributed by atoms with Gasteiger partial charge in [0.05, 0.1) is 16.7 Å². The molecule has 0 amide bonds. The second-order valence-corrected chi connectivity index (χ2v) is 18.6. The first-order valence-corrected chi connectivity index (χ1v) is 21.9. The lowest BCUT2D eigenvalue weighted by molar-refractivity contribution is 0.569. The highest BCUT2D eigenvalue weighted by Crippen LogP contribution is 2.47. The minimum atomic E-state index is -0.0657. The molecule has 0 saturated heterocycles. The Kier molecular flexibility index (Phi) is 9.68. The standard InChI is InChI=1S/C60H52N2/c1-59(2,3)44-38-45(60(4,5)6)40-48(39-44)61(55-35-15-13-29-51(55)53-33-19-24-42-23-18-31-49(57(42)53)41-21-9-7-10-22-41)47-28-17-25-43(37-47)50-32-20-34-54-52-30-14-16-36-56(52)62(58(50)54)46-26-11-8-12-27-46/h7-40H,1-6H3. The van der Waals surface area contributed by atoms with Crippen LogP contribution in [-0.2, 0) is 10.8 Å². The normalized spacial score (nSPS) is 12.0. The number of benzene rings is 9. The molecular formula is C60H52N2. The van der Waals surface area contributed by atoms with Crippen molar-refractivity contribution in [1.82, 2.24) is 4.57 Å². The SMILES string of the molecule is CC(C)(C)c1cc(N(c2cccc(-c3cccc4c5ccccc5n(-c5ccccc5)c34)c2)c2ccccc2-c2cccc3cccc(-c4ccccc4)c23)cc(C(C)(C)C)c1. The Hall–Kier alpha value is -7.16. The number of hydrogen-bond acceptors (Lipinski definition) is 1. The predicted octanol–water partition coefficient (Wildman–Crippen LogP) is 17.0. The van der Waals surface area contributed by atoms with E-state index in [9.17, 15) is 0 Å². The number of aromatic nitrogens is 1. The predicted molar refractivity (Wildman–Crippen MR) is 267 cm³/mol. The molecule has 10 rings (SSSR count).